The molecule has 1 aromatic carbocycles. The summed E-state index contributed by atoms with van der Waals surface area (Å²) in [4.78, 5) is 28.2. The van der Waals surface area contributed by atoms with Crippen LogP contribution < -0.4 is 0 Å². The molecule has 5 heteroatoms. The first kappa shape index (κ1) is 16.1. The largest absolute Gasteiger partial charge is 0.481 e. The maximum atomic E-state index is 12.7. The lowest BCUT2D eigenvalue weighted by molar-refractivity contribution is -0.137. The number of aromatic amines is 1. The fraction of sp³-hybridized carbons (Fsp3) is 0.412. The quantitative estimate of drug-likeness (QED) is 0.891. The van der Waals surface area contributed by atoms with Gasteiger partial charge in [-0.25, -0.2) is 0 Å². The zero-order valence-electron chi connectivity index (χ0n) is 13.4. The molecule has 118 valence electrons. The van der Waals surface area contributed by atoms with Crippen molar-refractivity contribution in [2.45, 2.75) is 40.2 Å². The van der Waals surface area contributed by atoms with Crippen molar-refractivity contribution >= 4 is 22.8 Å². The van der Waals surface area contributed by atoms with Gasteiger partial charge < -0.3 is 15.0 Å². The second-order valence-corrected chi connectivity index (χ2v) is 5.89. The SMILES string of the molecule is Cc1ccc2[nH]c(C(=O)N(CCC(=O)O)C(C)C)cc2c1C. The normalized spacial score (nSPS) is 11.1. The molecule has 0 aliphatic carbocycles. The predicted molar refractivity (Wildman–Crippen MR) is 86.2 cm³/mol. The number of aromatic nitrogens is 1. The molecule has 5 nitrogen and oxygen atoms in total. The maximum Gasteiger partial charge on any atom is 0.305 e. The number of carboxylic acids is 1. The molecule has 1 aromatic heterocycles. The number of nitrogens with one attached hydrogen (secondary N) is 1. The van der Waals surface area contributed by atoms with Crippen LogP contribution in [0, 0.1) is 13.8 Å². The lowest BCUT2D eigenvalue weighted by Crippen LogP contribution is -2.38. The Morgan fingerprint density at radius 1 is 1.27 bits per heavy atom. The van der Waals surface area contributed by atoms with Gasteiger partial charge in [0.15, 0.2) is 0 Å². The first-order valence-corrected chi connectivity index (χ1v) is 7.43. The van der Waals surface area contributed by atoms with Gasteiger partial charge in [-0.15, -0.1) is 0 Å². The number of aliphatic carboxylic acids is 1. The van der Waals surface area contributed by atoms with Gasteiger partial charge in [0.1, 0.15) is 5.69 Å². The van der Waals surface area contributed by atoms with Crippen LogP contribution in [0.3, 0.4) is 0 Å². The molecule has 0 unspecified atom stereocenters. The minimum absolute atomic E-state index is 0.0533. The Hall–Kier alpha value is -2.30. The number of carbonyl (C=O) groups is 2. The van der Waals surface area contributed by atoms with Gasteiger partial charge in [-0.05, 0) is 51.0 Å². The monoisotopic (exact) mass is 302 g/mol. The number of H-pyrrole nitrogens is 1. The average Bonchev–Trinajstić information content (AvgIpc) is 2.87. The van der Waals surface area contributed by atoms with Gasteiger partial charge in [0.05, 0.1) is 6.42 Å². The Labute approximate surface area is 129 Å². The maximum absolute atomic E-state index is 12.7. The van der Waals surface area contributed by atoms with Crippen molar-refractivity contribution in [1.82, 2.24) is 9.88 Å². The Morgan fingerprint density at radius 2 is 1.95 bits per heavy atom. The molecule has 22 heavy (non-hydrogen) atoms. The van der Waals surface area contributed by atoms with E-state index in [0.717, 1.165) is 16.5 Å². The van der Waals surface area contributed by atoms with Crippen molar-refractivity contribution in [2.24, 2.45) is 0 Å². The molecular weight excluding hydrogens is 280 g/mol. The molecule has 0 radical (unpaired) electrons. The lowest BCUT2D eigenvalue weighted by atomic mass is 10.1. The second-order valence-electron chi connectivity index (χ2n) is 5.89. The highest BCUT2D eigenvalue weighted by atomic mass is 16.4. The van der Waals surface area contributed by atoms with Crippen molar-refractivity contribution in [3.05, 3.63) is 35.0 Å². The molecule has 2 N–H and O–H groups in total. The summed E-state index contributed by atoms with van der Waals surface area (Å²) in [6.45, 7) is 8.05. The third kappa shape index (κ3) is 3.13. The number of amides is 1. The van der Waals surface area contributed by atoms with Gasteiger partial charge >= 0.3 is 5.97 Å². The third-order valence-corrected chi connectivity index (χ3v) is 4.02. The number of hydrogen-bond acceptors (Lipinski definition) is 2. The van der Waals surface area contributed by atoms with Gasteiger partial charge in [0.25, 0.3) is 5.91 Å². The second kappa shape index (κ2) is 6.22. The molecule has 0 spiro atoms. The van der Waals surface area contributed by atoms with Gasteiger partial charge in [-0.2, -0.15) is 0 Å². The molecule has 0 aliphatic heterocycles. The van der Waals surface area contributed by atoms with Crippen molar-refractivity contribution in [2.75, 3.05) is 6.54 Å². The van der Waals surface area contributed by atoms with Crippen LogP contribution in [0.4, 0.5) is 0 Å². The van der Waals surface area contributed by atoms with Crippen LogP contribution >= 0.6 is 0 Å². The van der Waals surface area contributed by atoms with Crippen LogP contribution in [0.15, 0.2) is 18.2 Å². The summed E-state index contributed by atoms with van der Waals surface area (Å²) >= 11 is 0. The van der Waals surface area contributed by atoms with E-state index < -0.39 is 5.97 Å². The molecule has 0 saturated heterocycles. The smallest absolute Gasteiger partial charge is 0.305 e. The average molecular weight is 302 g/mol. The molecule has 0 atom stereocenters. The number of hydrogen-bond donors (Lipinski definition) is 2. The Balaban J connectivity index is 2.34. The van der Waals surface area contributed by atoms with Crippen molar-refractivity contribution in [3.8, 4) is 0 Å². The first-order valence-electron chi connectivity index (χ1n) is 7.43. The van der Waals surface area contributed by atoms with E-state index >= 15 is 0 Å². The number of carboxylic acid groups (broad SMARTS) is 1. The summed E-state index contributed by atoms with van der Waals surface area (Å²) < 4.78 is 0. The molecule has 1 amide bonds. The van der Waals surface area contributed by atoms with E-state index in [1.165, 1.54) is 5.56 Å². The van der Waals surface area contributed by atoms with E-state index in [-0.39, 0.29) is 24.9 Å². The van der Waals surface area contributed by atoms with Crippen LogP contribution in [0.1, 0.15) is 41.9 Å². The van der Waals surface area contributed by atoms with Gasteiger partial charge in [-0.3, -0.25) is 9.59 Å². The van der Waals surface area contributed by atoms with Crippen LogP contribution in [-0.4, -0.2) is 39.5 Å². The summed E-state index contributed by atoms with van der Waals surface area (Å²) in [5.41, 5.74) is 3.75. The molecule has 2 aromatic rings. The molecule has 0 fully saturated rings. The summed E-state index contributed by atoms with van der Waals surface area (Å²) in [7, 11) is 0. The highest BCUT2D eigenvalue weighted by Crippen LogP contribution is 2.23. The molecular formula is C17H22N2O3. The standard InChI is InChI=1S/C17H22N2O3/c1-10(2)19(8-7-16(20)21)17(22)15-9-13-12(4)11(3)5-6-14(13)18-15/h5-6,9-10,18H,7-8H2,1-4H3,(H,20,21). The fourth-order valence-corrected chi connectivity index (χ4v) is 2.54. The molecule has 0 bridgehead atoms. The van der Waals surface area contributed by atoms with Crippen LogP contribution in [0.25, 0.3) is 10.9 Å². The van der Waals surface area contributed by atoms with E-state index in [9.17, 15) is 9.59 Å². The van der Waals surface area contributed by atoms with Crippen LogP contribution in [0.5, 0.6) is 0 Å². The van der Waals surface area contributed by atoms with E-state index in [4.69, 9.17) is 5.11 Å². The summed E-state index contributed by atoms with van der Waals surface area (Å²) in [5, 5.41) is 9.86. The summed E-state index contributed by atoms with van der Waals surface area (Å²) in [6.07, 6.45) is -0.0533. The number of fused-ring (bicyclic) bond motifs is 1. The van der Waals surface area contributed by atoms with Crippen molar-refractivity contribution < 1.29 is 14.7 Å². The van der Waals surface area contributed by atoms with E-state index in [0.29, 0.717) is 5.69 Å². The number of rotatable bonds is 5. The number of aryl methyl sites for hydroxylation is 2. The number of carbonyl (C=O) groups excluding carboxylic acids is 1. The van der Waals surface area contributed by atoms with Crippen molar-refractivity contribution in [3.63, 3.8) is 0 Å². The van der Waals surface area contributed by atoms with Gasteiger partial charge in [0.2, 0.25) is 0 Å². The highest BCUT2D eigenvalue weighted by Gasteiger charge is 2.21. The van der Waals surface area contributed by atoms with Crippen molar-refractivity contribution in [1.29, 1.82) is 0 Å². The van der Waals surface area contributed by atoms with E-state index in [1.807, 2.05) is 45.9 Å². The predicted octanol–water partition coefficient (Wildman–Crippen LogP) is 3.11. The third-order valence-electron chi connectivity index (χ3n) is 4.02. The molecule has 2 rings (SSSR count). The molecule has 0 saturated carbocycles. The number of benzene rings is 1. The topological polar surface area (TPSA) is 73.4 Å². The van der Waals surface area contributed by atoms with Crippen LogP contribution in [-0.2, 0) is 4.79 Å². The van der Waals surface area contributed by atoms with Crippen LogP contribution in [0.2, 0.25) is 0 Å². The van der Waals surface area contributed by atoms with Gasteiger partial charge in [-0.1, -0.05) is 6.07 Å². The number of nitrogens with zero attached hydrogens (tertiary/aromatic N) is 1. The Kier molecular flexibility index (Phi) is 4.54. The van der Waals surface area contributed by atoms with E-state index in [2.05, 4.69) is 4.98 Å². The zero-order chi connectivity index (χ0) is 16.4. The molecule has 0 aliphatic rings. The Morgan fingerprint density at radius 3 is 2.55 bits per heavy atom. The molecule has 1 heterocycles. The summed E-state index contributed by atoms with van der Waals surface area (Å²) in [6, 6.07) is 5.79. The zero-order valence-corrected chi connectivity index (χ0v) is 13.4. The fourth-order valence-electron chi connectivity index (χ4n) is 2.54. The highest BCUT2D eigenvalue weighted by molar-refractivity contribution is 5.99. The lowest BCUT2D eigenvalue weighted by Gasteiger charge is -2.25. The minimum atomic E-state index is -0.901. The summed E-state index contributed by atoms with van der Waals surface area (Å²) in [5.74, 6) is -1.06. The van der Waals surface area contributed by atoms with E-state index in [1.54, 1.807) is 4.90 Å². The van der Waals surface area contributed by atoms with Gasteiger partial charge in [0, 0.05) is 23.5 Å². The Bertz CT molecular complexity index is 716. The minimum Gasteiger partial charge on any atom is -0.481 e. The first-order chi connectivity index (χ1) is 10.3.